The van der Waals surface area contributed by atoms with Crippen LogP contribution in [0.25, 0.3) is 0 Å². The number of esters is 2. The third-order valence-corrected chi connectivity index (χ3v) is 10.1. The van der Waals surface area contributed by atoms with E-state index in [1.807, 2.05) is 26.8 Å². The lowest BCUT2D eigenvalue weighted by atomic mass is 9.87. The predicted molar refractivity (Wildman–Crippen MR) is 198 cm³/mol. The molecule has 0 bridgehead atoms. The third kappa shape index (κ3) is 20.5. The van der Waals surface area contributed by atoms with E-state index >= 15 is 0 Å². The Morgan fingerprint density at radius 1 is 0.727 bits per heavy atom. The van der Waals surface area contributed by atoms with Gasteiger partial charge < -0.3 is 45.2 Å². The minimum atomic E-state index is -1.56. The topological polar surface area (TPSA) is 267 Å². The second kappa shape index (κ2) is 25.9. The maximum atomic E-state index is 13.1. The second-order valence-corrected chi connectivity index (χ2v) is 15.1. The third-order valence-electron chi connectivity index (χ3n) is 10.1. The highest BCUT2D eigenvalue weighted by molar-refractivity contribution is 5.83. The van der Waals surface area contributed by atoms with Gasteiger partial charge in [-0.15, -0.1) is 0 Å². The molecule has 314 valence electrons. The smallest absolute Gasteiger partial charge is 0.307 e. The van der Waals surface area contributed by atoms with E-state index in [4.69, 9.17) is 19.7 Å². The monoisotopic (exact) mass is 786 g/mol. The zero-order valence-electron chi connectivity index (χ0n) is 32.6. The number of aliphatic carboxylic acids is 4. The summed E-state index contributed by atoms with van der Waals surface area (Å²) in [6.07, 6.45) is 5.08. The largest absolute Gasteiger partial charge is 0.503 e. The Morgan fingerprint density at radius 3 is 1.78 bits per heavy atom. The fourth-order valence-electron chi connectivity index (χ4n) is 6.75. The van der Waals surface area contributed by atoms with Crippen molar-refractivity contribution in [3.63, 3.8) is 0 Å². The SMILES string of the molecule is CCCC[C@@H](C)[C@@H](OC(=O)C[C@@H](CC(=O)O)C(=O)O)[C@@H](C[C@H](C)CCCCCC[C@H](O)C[C@@H](O)[C@H](C)[NH+]1C=C(O)C=CC1)OC(=O)C[C@H](CC(=O)O)C(=O)O. The number of hydrogen-bond acceptors (Lipinski definition) is 11. The molecule has 1 aliphatic rings. The molecule has 1 unspecified atom stereocenters. The molecule has 0 amide bonds. The Balaban J connectivity index is 2.96. The Hall–Kier alpha value is -4.02. The van der Waals surface area contributed by atoms with Crippen molar-refractivity contribution in [1.82, 2.24) is 0 Å². The average Bonchev–Trinajstić information content (AvgIpc) is 3.09. The van der Waals surface area contributed by atoms with Crippen LogP contribution in [0.5, 0.6) is 0 Å². The van der Waals surface area contributed by atoms with Gasteiger partial charge in [0.2, 0.25) is 0 Å². The lowest BCUT2D eigenvalue weighted by molar-refractivity contribution is -0.872. The van der Waals surface area contributed by atoms with Crippen LogP contribution in [0, 0.1) is 23.7 Å². The molecule has 0 spiro atoms. The van der Waals surface area contributed by atoms with E-state index in [1.54, 1.807) is 19.2 Å². The molecule has 0 aromatic carbocycles. The van der Waals surface area contributed by atoms with Crippen LogP contribution in [0.3, 0.4) is 0 Å². The standard InChI is InChI=1S/C39H63NO15/c1-5-6-13-25(3)37(55-36(49)21-28(39(52)53)19-34(46)47)32(54-35(48)20-27(38(50)51)18-33(44)45)17-24(2)12-9-7-8-10-14-29(41)22-31(43)26(4)40-16-11-15-30(42)23-40/h11,15,23-29,31-32,37,41-43H,5-10,12-14,16-22H2,1-4H3,(H,44,45)(H,46,47)(H,50,51)(H,52,53)/p+1/t24-,25-,26+,27+,28-,29+,31-,32-,37-/m1/s1. The maximum Gasteiger partial charge on any atom is 0.307 e. The Morgan fingerprint density at radius 2 is 1.27 bits per heavy atom. The minimum absolute atomic E-state index is 0.103. The van der Waals surface area contributed by atoms with Gasteiger partial charge in [-0.25, -0.2) is 0 Å². The van der Waals surface area contributed by atoms with Crippen molar-refractivity contribution in [2.45, 2.75) is 154 Å². The molecule has 0 saturated heterocycles. The quantitative estimate of drug-likeness (QED) is 0.0383. The number of carbonyl (C=O) groups is 6. The zero-order chi connectivity index (χ0) is 41.7. The number of aliphatic hydroxyl groups excluding tert-OH is 3. The summed E-state index contributed by atoms with van der Waals surface area (Å²) in [7, 11) is 0. The highest BCUT2D eigenvalue weighted by Gasteiger charge is 2.37. The van der Waals surface area contributed by atoms with Crippen LogP contribution in [0.1, 0.15) is 124 Å². The van der Waals surface area contributed by atoms with Crippen LogP contribution in [-0.2, 0) is 38.2 Å². The number of carboxylic acid groups (broad SMARTS) is 4. The summed E-state index contributed by atoms with van der Waals surface area (Å²) < 4.78 is 11.5. The van der Waals surface area contributed by atoms with Gasteiger partial charge in [0.1, 0.15) is 37.1 Å². The van der Waals surface area contributed by atoms with E-state index in [2.05, 4.69) is 0 Å². The first kappa shape index (κ1) is 49.0. The molecule has 0 aromatic heterocycles. The van der Waals surface area contributed by atoms with Gasteiger partial charge in [-0.2, -0.15) is 0 Å². The lowest BCUT2D eigenvalue weighted by Crippen LogP contribution is -3.12. The molecule has 0 saturated carbocycles. The normalized spacial score (nSPS) is 19.0. The molecule has 8 N–H and O–H groups in total. The number of quaternary nitrogens is 1. The number of aliphatic hydroxyl groups is 3. The first-order valence-electron chi connectivity index (χ1n) is 19.4. The summed E-state index contributed by atoms with van der Waals surface area (Å²) in [6, 6.07) is -0.217. The van der Waals surface area contributed by atoms with Crippen molar-refractivity contribution in [1.29, 1.82) is 0 Å². The van der Waals surface area contributed by atoms with Gasteiger partial charge in [-0.1, -0.05) is 65.7 Å². The highest BCUT2D eigenvalue weighted by Crippen LogP contribution is 2.29. The van der Waals surface area contributed by atoms with Gasteiger partial charge in [0.15, 0.2) is 5.76 Å². The summed E-state index contributed by atoms with van der Waals surface area (Å²) in [5, 5.41) is 68.2. The molecule has 10 atom stereocenters. The number of ether oxygens (including phenoxy) is 2. The maximum absolute atomic E-state index is 13.1. The van der Waals surface area contributed by atoms with Crippen LogP contribution in [-0.4, -0.2) is 109 Å². The lowest BCUT2D eigenvalue weighted by Gasteiger charge is -2.33. The second-order valence-electron chi connectivity index (χ2n) is 15.1. The van der Waals surface area contributed by atoms with Gasteiger partial charge in [0.25, 0.3) is 0 Å². The van der Waals surface area contributed by atoms with Crippen LogP contribution >= 0.6 is 0 Å². The Kier molecular flexibility index (Phi) is 23.1. The van der Waals surface area contributed by atoms with Gasteiger partial charge >= 0.3 is 35.8 Å². The molecule has 1 aliphatic heterocycles. The molecular weight excluding hydrogens is 722 g/mol. The molecule has 1 rings (SSSR count). The summed E-state index contributed by atoms with van der Waals surface area (Å²) in [4.78, 5) is 72.9. The average molecular weight is 787 g/mol. The van der Waals surface area contributed by atoms with Crippen molar-refractivity contribution in [2.75, 3.05) is 6.54 Å². The molecule has 0 fully saturated rings. The van der Waals surface area contributed by atoms with E-state index in [1.165, 1.54) is 0 Å². The van der Waals surface area contributed by atoms with Crippen molar-refractivity contribution in [3.05, 3.63) is 24.1 Å². The van der Waals surface area contributed by atoms with Crippen molar-refractivity contribution >= 4 is 35.8 Å². The number of carboxylic acids is 4. The fraction of sp³-hybridized carbons (Fsp3) is 0.744. The van der Waals surface area contributed by atoms with E-state index in [0.717, 1.165) is 37.0 Å². The summed E-state index contributed by atoms with van der Waals surface area (Å²) >= 11 is 0. The first-order valence-corrected chi connectivity index (χ1v) is 19.4. The van der Waals surface area contributed by atoms with E-state index < -0.39 is 104 Å². The number of rotatable bonds is 30. The first-order chi connectivity index (χ1) is 25.8. The van der Waals surface area contributed by atoms with Crippen molar-refractivity contribution < 1.29 is 78.9 Å². The Labute approximate surface area is 323 Å². The van der Waals surface area contributed by atoms with Crippen molar-refractivity contribution in [3.8, 4) is 0 Å². The number of carbonyl (C=O) groups excluding carboxylic acids is 2. The van der Waals surface area contributed by atoms with Crippen molar-refractivity contribution in [2.24, 2.45) is 23.7 Å². The zero-order valence-corrected chi connectivity index (χ0v) is 32.6. The van der Waals surface area contributed by atoms with Gasteiger partial charge in [-0.05, 0) is 50.2 Å². The number of allylic oxidation sites excluding steroid dienone is 1. The predicted octanol–water partition coefficient (Wildman–Crippen LogP) is 3.49. The fourth-order valence-corrected chi connectivity index (χ4v) is 6.75. The number of nitrogens with one attached hydrogen (secondary N) is 1. The molecular formula is C39H64NO15+. The molecule has 1 heterocycles. The minimum Gasteiger partial charge on any atom is -0.503 e. The Bertz CT molecular complexity index is 1300. The molecule has 0 aliphatic carbocycles. The molecule has 16 nitrogen and oxygen atoms in total. The van der Waals surface area contributed by atoms with Crippen LogP contribution < -0.4 is 4.90 Å². The van der Waals surface area contributed by atoms with Crippen LogP contribution in [0.2, 0.25) is 0 Å². The highest BCUT2D eigenvalue weighted by atomic mass is 16.6. The molecule has 55 heavy (non-hydrogen) atoms. The van der Waals surface area contributed by atoms with Gasteiger partial charge in [0.05, 0.1) is 43.6 Å². The van der Waals surface area contributed by atoms with Gasteiger partial charge in [-0.3, -0.25) is 33.7 Å². The van der Waals surface area contributed by atoms with E-state index in [-0.39, 0.29) is 30.6 Å². The molecule has 0 radical (unpaired) electrons. The molecule has 0 aromatic rings. The van der Waals surface area contributed by atoms with Gasteiger partial charge in [0, 0.05) is 6.42 Å². The summed E-state index contributed by atoms with van der Waals surface area (Å²) in [5.74, 6) is -11.3. The summed E-state index contributed by atoms with van der Waals surface area (Å²) in [6.45, 7) is 8.14. The van der Waals surface area contributed by atoms with E-state index in [9.17, 15) is 54.3 Å². The number of hydrogen-bond donors (Lipinski definition) is 8. The van der Waals surface area contributed by atoms with E-state index in [0.29, 0.717) is 32.2 Å². The summed E-state index contributed by atoms with van der Waals surface area (Å²) in [5.41, 5.74) is 0. The van der Waals surface area contributed by atoms with Crippen LogP contribution in [0.4, 0.5) is 0 Å². The number of unbranched alkanes of at least 4 members (excludes halogenated alkanes) is 4. The van der Waals surface area contributed by atoms with Crippen LogP contribution in [0.15, 0.2) is 24.1 Å². The molecule has 16 heteroatoms.